The Labute approximate surface area is 102 Å². The van der Waals surface area contributed by atoms with Gasteiger partial charge in [-0.3, -0.25) is 0 Å². The zero-order chi connectivity index (χ0) is 8.27. The molecule has 0 aromatic heterocycles. The van der Waals surface area contributed by atoms with Gasteiger partial charge in [-0.15, -0.1) is 0 Å². The van der Waals surface area contributed by atoms with Crippen molar-refractivity contribution in [1.29, 1.82) is 0 Å². The van der Waals surface area contributed by atoms with Crippen LogP contribution in [0.2, 0.25) is 0 Å². The van der Waals surface area contributed by atoms with Gasteiger partial charge in [0.2, 0.25) is 0 Å². The molecule has 0 fully saturated rings. The molecule has 2 heteroatoms. The second-order valence-corrected chi connectivity index (χ2v) is 3.98. The molecule has 0 bridgehead atoms. The van der Waals surface area contributed by atoms with Gasteiger partial charge in [-0.25, -0.2) is 0 Å². The van der Waals surface area contributed by atoms with Crippen molar-refractivity contribution in [2.45, 2.75) is 0.515 Å². The van der Waals surface area contributed by atoms with E-state index in [9.17, 15) is 0 Å². The molecule has 0 atom stereocenters. The van der Waals surface area contributed by atoms with Crippen molar-refractivity contribution in [3.63, 3.8) is 0 Å². The molecule has 0 amide bonds. The minimum atomic E-state index is 0.916. The Bertz CT molecular complexity index is 233. The standard InChI is InChI=1S/C9H12N.K/c1-8-6-4-5-7-9(8)10(2)3;/h4-7H,1H2,2-3H3;. The van der Waals surface area contributed by atoms with E-state index in [2.05, 4.69) is 43.3 Å². The normalized spacial score (nSPS) is 9.82. The third-order valence-electron chi connectivity index (χ3n) is 1.85. The summed E-state index contributed by atoms with van der Waals surface area (Å²) in [5, 5.41) is 0. The number of anilines is 1. The number of para-hydroxylation sites is 1. The van der Waals surface area contributed by atoms with Gasteiger partial charge in [0.1, 0.15) is 0 Å². The summed E-state index contributed by atoms with van der Waals surface area (Å²) in [4.78, 5) is 2.18. The van der Waals surface area contributed by atoms with Gasteiger partial charge in [-0.2, -0.15) is 0 Å². The second-order valence-electron chi connectivity index (χ2n) is 2.88. The van der Waals surface area contributed by atoms with Crippen LogP contribution in [0.1, 0.15) is 5.56 Å². The summed E-state index contributed by atoms with van der Waals surface area (Å²) in [5.41, 5.74) is 2.87. The van der Waals surface area contributed by atoms with E-state index in [0.29, 0.717) is 0 Å². The molecule has 0 radical (unpaired) electrons. The third kappa shape index (κ3) is 2.56. The Morgan fingerprint density at radius 2 is 1.91 bits per heavy atom. The molecule has 0 aliphatic heterocycles. The molecule has 0 saturated heterocycles. The van der Waals surface area contributed by atoms with E-state index in [1.165, 1.54) is 11.8 Å². The maximum absolute atomic E-state index is 2.22. The maximum atomic E-state index is 2.22. The molecular weight excluding hydrogens is 161 g/mol. The van der Waals surface area contributed by atoms with Crippen LogP contribution < -0.4 is 4.90 Å². The molecule has 1 aromatic rings. The van der Waals surface area contributed by atoms with Gasteiger partial charge in [0.05, 0.1) is 0 Å². The quantitative estimate of drug-likeness (QED) is 0.611. The van der Waals surface area contributed by atoms with Crippen molar-refractivity contribution >= 4 is 54.6 Å². The molecule has 11 heavy (non-hydrogen) atoms. The van der Waals surface area contributed by atoms with Gasteiger partial charge < -0.3 is 0 Å². The number of benzene rings is 1. The number of hydrogen-bond donors (Lipinski definition) is 0. The van der Waals surface area contributed by atoms with Crippen LogP contribution in [0.4, 0.5) is 5.69 Å². The third-order valence-corrected chi connectivity index (χ3v) is 3.04. The summed E-state index contributed by atoms with van der Waals surface area (Å²) < 4.78 is 1.29. The van der Waals surface area contributed by atoms with Crippen LogP contribution in [0, 0.1) is 0 Å². The van der Waals surface area contributed by atoms with Gasteiger partial charge >= 0.3 is 104 Å². The zero-order valence-electron chi connectivity index (χ0n) is 7.46. The first-order valence-electron chi connectivity index (χ1n) is 4.01. The molecule has 0 saturated carbocycles. The van der Waals surface area contributed by atoms with Crippen LogP contribution >= 0.6 is 0 Å². The second kappa shape index (κ2) is 4.63. The summed E-state index contributed by atoms with van der Waals surface area (Å²) in [6.07, 6.45) is 0. The SMILES string of the molecule is CN(C)c1ccccc1[CH2][K]. The molecular formula is C9H12KN. The summed E-state index contributed by atoms with van der Waals surface area (Å²) in [7, 11) is 4.20. The van der Waals surface area contributed by atoms with Crippen molar-refractivity contribution in [2.75, 3.05) is 19.0 Å². The average molecular weight is 173 g/mol. The molecule has 0 aliphatic carbocycles. The van der Waals surface area contributed by atoms with Crippen molar-refractivity contribution in [1.82, 2.24) is 0 Å². The summed E-state index contributed by atoms with van der Waals surface area (Å²) >= 11 is 0.916. The first kappa shape index (κ1) is 9.74. The fourth-order valence-corrected chi connectivity index (χ4v) is 2.18. The Morgan fingerprint density at radius 1 is 1.27 bits per heavy atom. The molecule has 0 unspecified atom stereocenters. The molecule has 0 heterocycles. The van der Waals surface area contributed by atoms with E-state index in [1.807, 2.05) is 0 Å². The van der Waals surface area contributed by atoms with E-state index >= 15 is 0 Å². The summed E-state index contributed by atoms with van der Waals surface area (Å²) in [5.74, 6) is 0. The fraction of sp³-hybridized carbons (Fsp3) is 0.333. The van der Waals surface area contributed by atoms with E-state index in [1.54, 1.807) is 0 Å². The number of nitrogens with zero attached hydrogens (tertiary/aromatic N) is 1. The minimum absolute atomic E-state index is 0.916. The van der Waals surface area contributed by atoms with Gasteiger partial charge in [0.25, 0.3) is 0 Å². The van der Waals surface area contributed by atoms with Crippen molar-refractivity contribution in [3.05, 3.63) is 29.8 Å². The number of rotatable bonds is 2. The molecule has 1 aromatic carbocycles. The first-order valence-corrected chi connectivity index (χ1v) is 6.21. The first-order chi connectivity index (χ1) is 5.25. The van der Waals surface area contributed by atoms with Crippen molar-refractivity contribution < 1.29 is 0 Å². The van der Waals surface area contributed by atoms with E-state index in [4.69, 9.17) is 0 Å². The topological polar surface area (TPSA) is 3.24 Å². The average Bonchev–Trinajstić information content (AvgIpc) is 2.04. The molecule has 1 rings (SSSR count). The van der Waals surface area contributed by atoms with E-state index in [-0.39, 0.29) is 0 Å². The predicted molar refractivity (Wildman–Crippen MR) is 50.2 cm³/mol. The summed E-state index contributed by atoms with van der Waals surface area (Å²) in [6.45, 7) is 0. The fourth-order valence-electron chi connectivity index (χ4n) is 1.25. The molecule has 1 nitrogen and oxygen atoms in total. The van der Waals surface area contributed by atoms with E-state index in [0.717, 1.165) is 49.0 Å². The van der Waals surface area contributed by atoms with Crippen LogP contribution in [-0.4, -0.2) is 63.0 Å². The van der Waals surface area contributed by atoms with Crippen molar-refractivity contribution in [2.24, 2.45) is 0 Å². The predicted octanol–water partition coefficient (Wildman–Crippen LogP) is 1.42. The molecule has 54 valence electrons. The Kier molecular flexibility index (Phi) is 4.10. The molecule has 0 spiro atoms. The van der Waals surface area contributed by atoms with E-state index < -0.39 is 0 Å². The van der Waals surface area contributed by atoms with Crippen LogP contribution in [0.5, 0.6) is 0 Å². The Balaban J connectivity index is 3.02. The molecule has 0 aliphatic rings. The van der Waals surface area contributed by atoms with Crippen LogP contribution in [-0.2, 0) is 0.515 Å². The molecule has 0 N–H and O–H groups in total. The Morgan fingerprint density at radius 3 is 2.36 bits per heavy atom. The Hall–Kier alpha value is 0.656. The van der Waals surface area contributed by atoms with Crippen LogP contribution in [0.15, 0.2) is 24.3 Å². The van der Waals surface area contributed by atoms with Gasteiger partial charge in [0.15, 0.2) is 0 Å². The zero-order valence-corrected chi connectivity index (χ0v) is 10.6. The number of hydrogen-bond acceptors (Lipinski definition) is 1. The van der Waals surface area contributed by atoms with Gasteiger partial charge in [-0.1, -0.05) is 0 Å². The van der Waals surface area contributed by atoms with Crippen molar-refractivity contribution in [3.8, 4) is 0 Å². The van der Waals surface area contributed by atoms with Crippen LogP contribution in [0.3, 0.4) is 0 Å². The monoisotopic (exact) mass is 173 g/mol. The van der Waals surface area contributed by atoms with Crippen LogP contribution in [0.25, 0.3) is 0 Å². The van der Waals surface area contributed by atoms with Gasteiger partial charge in [-0.05, 0) is 0 Å². The summed E-state index contributed by atoms with van der Waals surface area (Å²) in [6, 6.07) is 8.62. The van der Waals surface area contributed by atoms with Gasteiger partial charge in [0, 0.05) is 0 Å².